The third-order valence-corrected chi connectivity index (χ3v) is 5.27. The predicted octanol–water partition coefficient (Wildman–Crippen LogP) is 4.05. The summed E-state index contributed by atoms with van der Waals surface area (Å²) in [5, 5.41) is 20.7. The van der Waals surface area contributed by atoms with Crippen molar-refractivity contribution in [3.8, 4) is 0 Å². The molecule has 0 aromatic carbocycles. The number of hydrogen-bond acceptors (Lipinski definition) is 3. The number of aliphatic hydroxyl groups is 1. The van der Waals surface area contributed by atoms with E-state index in [1.165, 1.54) is 77.0 Å². The van der Waals surface area contributed by atoms with E-state index >= 15 is 0 Å². The van der Waals surface area contributed by atoms with Crippen molar-refractivity contribution in [2.45, 2.75) is 109 Å². The molecule has 0 saturated carbocycles. The summed E-state index contributed by atoms with van der Waals surface area (Å²) in [4.78, 5) is 10.6. The van der Waals surface area contributed by atoms with Crippen molar-refractivity contribution >= 4 is 5.97 Å². The Morgan fingerprint density at radius 2 is 1.27 bits per heavy atom. The van der Waals surface area contributed by atoms with Crippen molar-refractivity contribution in [1.29, 1.82) is 0 Å². The molecule has 26 heavy (non-hydrogen) atoms. The summed E-state index contributed by atoms with van der Waals surface area (Å²) in [6.07, 6.45) is 17.9. The number of rotatable bonds is 19. The molecule has 0 bridgehead atoms. The fraction of sp³-hybridized carbons (Fsp3) is 0.955. The summed E-state index contributed by atoms with van der Waals surface area (Å²) in [6.45, 7) is 3.39. The second kappa shape index (κ2) is 16.6. The fourth-order valence-corrected chi connectivity index (χ4v) is 3.54. The van der Waals surface area contributed by atoms with Crippen LogP contribution in [-0.4, -0.2) is 48.8 Å². The summed E-state index contributed by atoms with van der Waals surface area (Å²) in [7, 11) is 3.94. The lowest BCUT2D eigenvalue weighted by Gasteiger charge is -2.32. The molecule has 0 aliphatic rings. The molecule has 1 atom stereocenters. The van der Waals surface area contributed by atoms with Gasteiger partial charge in [0.2, 0.25) is 0 Å². The van der Waals surface area contributed by atoms with Gasteiger partial charge in [-0.15, -0.1) is 0 Å². The van der Waals surface area contributed by atoms with Gasteiger partial charge >= 0.3 is 0 Å². The van der Waals surface area contributed by atoms with Gasteiger partial charge in [-0.3, -0.25) is 0 Å². The van der Waals surface area contributed by atoms with E-state index in [1.807, 2.05) is 14.1 Å². The molecule has 1 N–H and O–H groups in total. The molecule has 0 amide bonds. The van der Waals surface area contributed by atoms with E-state index in [-0.39, 0.29) is 12.5 Å². The van der Waals surface area contributed by atoms with Crippen LogP contribution in [0.2, 0.25) is 0 Å². The highest BCUT2D eigenvalue weighted by molar-refractivity contribution is 5.64. The van der Waals surface area contributed by atoms with Gasteiger partial charge in [-0.05, 0) is 6.42 Å². The molecule has 0 aliphatic carbocycles. The second-order valence-corrected chi connectivity index (χ2v) is 8.65. The van der Waals surface area contributed by atoms with Crippen LogP contribution < -0.4 is 5.11 Å². The lowest BCUT2D eigenvalue weighted by molar-refractivity contribution is -0.893. The standard InChI is InChI=1S/C22H45NO3/c1-4-5-6-7-8-9-10-11-12-13-14-15-16-17-21(24)20-23(2,3)19-18-22(25)26/h21,24H,4-20H2,1-3H3. The minimum Gasteiger partial charge on any atom is -0.550 e. The van der Waals surface area contributed by atoms with Crippen LogP contribution >= 0.6 is 0 Å². The number of likely N-dealkylation sites (N-methyl/N-ethyl adjacent to an activating group) is 1. The molecule has 0 spiro atoms. The van der Waals surface area contributed by atoms with Gasteiger partial charge in [0, 0.05) is 12.4 Å². The van der Waals surface area contributed by atoms with Gasteiger partial charge in [0.25, 0.3) is 0 Å². The van der Waals surface area contributed by atoms with Crippen molar-refractivity contribution in [3.05, 3.63) is 0 Å². The Bertz CT molecular complexity index is 331. The first-order valence-electron chi connectivity index (χ1n) is 11.1. The summed E-state index contributed by atoms with van der Waals surface area (Å²) in [5.74, 6) is -1.01. The number of carboxylic acid groups (broad SMARTS) is 1. The van der Waals surface area contributed by atoms with Gasteiger partial charge in [-0.2, -0.15) is 0 Å². The Morgan fingerprint density at radius 1 is 0.846 bits per heavy atom. The number of aliphatic carboxylic acids is 1. The molecule has 0 aromatic heterocycles. The normalized spacial score (nSPS) is 13.1. The van der Waals surface area contributed by atoms with Crippen molar-refractivity contribution < 1.29 is 19.5 Å². The number of aliphatic hydroxyl groups excluding tert-OH is 1. The Kier molecular flexibility index (Phi) is 16.2. The summed E-state index contributed by atoms with van der Waals surface area (Å²) >= 11 is 0. The largest absolute Gasteiger partial charge is 0.550 e. The molecular weight excluding hydrogens is 326 g/mol. The maximum atomic E-state index is 10.6. The van der Waals surface area contributed by atoms with Crippen LogP contribution in [-0.2, 0) is 4.79 Å². The molecule has 1 unspecified atom stereocenters. The molecule has 0 radical (unpaired) electrons. The summed E-state index contributed by atoms with van der Waals surface area (Å²) in [5.41, 5.74) is 0. The Labute approximate surface area is 162 Å². The third kappa shape index (κ3) is 18.2. The van der Waals surface area contributed by atoms with E-state index in [0.29, 0.717) is 17.6 Å². The SMILES string of the molecule is CCCCCCCCCCCCCCCC(O)C[N+](C)(C)CCC(=O)[O-]. The zero-order valence-electron chi connectivity index (χ0n) is 17.8. The van der Waals surface area contributed by atoms with Crippen LogP contribution in [0.1, 0.15) is 103 Å². The van der Waals surface area contributed by atoms with Crippen molar-refractivity contribution in [2.24, 2.45) is 0 Å². The van der Waals surface area contributed by atoms with Crippen molar-refractivity contribution in [1.82, 2.24) is 0 Å². The van der Waals surface area contributed by atoms with Crippen LogP contribution in [0.15, 0.2) is 0 Å². The second-order valence-electron chi connectivity index (χ2n) is 8.65. The molecule has 0 aromatic rings. The maximum absolute atomic E-state index is 10.6. The van der Waals surface area contributed by atoms with Crippen LogP contribution in [0.3, 0.4) is 0 Å². The first kappa shape index (κ1) is 25.4. The van der Waals surface area contributed by atoms with Gasteiger partial charge in [0.15, 0.2) is 0 Å². The van der Waals surface area contributed by atoms with E-state index in [9.17, 15) is 15.0 Å². The topological polar surface area (TPSA) is 60.4 Å². The number of hydrogen-bond donors (Lipinski definition) is 1. The lowest BCUT2D eigenvalue weighted by Crippen LogP contribution is -2.47. The third-order valence-electron chi connectivity index (χ3n) is 5.27. The smallest absolute Gasteiger partial charge is 0.105 e. The van der Waals surface area contributed by atoms with Gasteiger partial charge in [0.1, 0.15) is 12.6 Å². The predicted molar refractivity (Wildman–Crippen MR) is 108 cm³/mol. The minimum absolute atomic E-state index is 0.0540. The van der Waals surface area contributed by atoms with Crippen LogP contribution in [0.5, 0.6) is 0 Å². The number of carbonyl (C=O) groups excluding carboxylic acids is 1. The minimum atomic E-state index is -1.01. The van der Waals surface area contributed by atoms with E-state index < -0.39 is 5.97 Å². The quantitative estimate of drug-likeness (QED) is 0.275. The maximum Gasteiger partial charge on any atom is 0.105 e. The molecule has 156 valence electrons. The average Bonchev–Trinajstić information content (AvgIpc) is 2.57. The van der Waals surface area contributed by atoms with Crippen molar-refractivity contribution in [2.75, 3.05) is 27.2 Å². The number of carboxylic acids is 1. The lowest BCUT2D eigenvalue weighted by atomic mass is 10.0. The van der Waals surface area contributed by atoms with E-state index in [2.05, 4.69) is 6.92 Å². The summed E-state index contributed by atoms with van der Waals surface area (Å²) < 4.78 is 0.535. The zero-order chi connectivity index (χ0) is 19.7. The van der Waals surface area contributed by atoms with Crippen molar-refractivity contribution in [3.63, 3.8) is 0 Å². The van der Waals surface area contributed by atoms with Gasteiger partial charge < -0.3 is 19.5 Å². The first-order chi connectivity index (χ1) is 12.4. The highest BCUT2D eigenvalue weighted by Crippen LogP contribution is 2.14. The monoisotopic (exact) mass is 371 g/mol. The molecule has 0 saturated heterocycles. The highest BCUT2D eigenvalue weighted by Gasteiger charge is 2.19. The number of nitrogens with zero attached hydrogens (tertiary/aromatic N) is 1. The molecule has 0 rings (SSSR count). The highest BCUT2D eigenvalue weighted by atomic mass is 16.4. The molecule has 4 nitrogen and oxygen atoms in total. The van der Waals surface area contributed by atoms with Gasteiger partial charge in [0.05, 0.1) is 20.6 Å². The molecule has 4 heteroatoms. The summed E-state index contributed by atoms with van der Waals surface area (Å²) in [6, 6.07) is 0. The van der Waals surface area contributed by atoms with Crippen LogP contribution in [0.4, 0.5) is 0 Å². The Hall–Kier alpha value is -0.610. The Morgan fingerprint density at radius 3 is 1.69 bits per heavy atom. The molecule has 0 fully saturated rings. The molecular formula is C22H45NO3. The van der Waals surface area contributed by atoms with Gasteiger partial charge in [-0.1, -0.05) is 90.4 Å². The van der Waals surface area contributed by atoms with E-state index in [0.717, 1.165) is 12.8 Å². The van der Waals surface area contributed by atoms with Crippen LogP contribution in [0.25, 0.3) is 0 Å². The molecule has 0 heterocycles. The number of quaternary nitrogens is 1. The number of carbonyl (C=O) groups is 1. The van der Waals surface area contributed by atoms with E-state index in [4.69, 9.17) is 0 Å². The van der Waals surface area contributed by atoms with Gasteiger partial charge in [-0.25, -0.2) is 0 Å². The molecule has 0 aliphatic heterocycles. The van der Waals surface area contributed by atoms with E-state index in [1.54, 1.807) is 0 Å². The fourth-order valence-electron chi connectivity index (χ4n) is 3.54. The number of unbranched alkanes of at least 4 members (excludes halogenated alkanes) is 12. The average molecular weight is 372 g/mol. The van der Waals surface area contributed by atoms with Crippen LogP contribution in [0, 0.1) is 0 Å². The Balaban J connectivity index is 3.40. The zero-order valence-corrected chi connectivity index (χ0v) is 17.8. The first-order valence-corrected chi connectivity index (χ1v) is 11.1.